The van der Waals surface area contributed by atoms with E-state index in [1.54, 1.807) is 6.92 Å². The quantitative estimate of drug-likeness (QED) is 0.773. The first-order valence-electron chi connectivity index (χ1n) is 6.52. The average molecular weight is 291 g/mol. The number of halogens is 3. The van der Waals surface area contributed by atoms with Crippen molar-refractivity contribution >= 4 is 0 Å². The van der Waals surface area contributed by atoms with E-state index in [4.69, 9.17) is 5.11 Å². The van der Waals surface area contributed by atoms with Gasteiger partial charge < -0.3 is 15.2 Å². The van der Waals surface area contributed by atoms with Crippen molar-refractivity contribution in [3.05, 3.63) is 29.6 Å². The third-order valence-electron chi connectivity index (χ3n) is 3.05. The fraction of sp³-hybridized carbons (Fsp3) is 0.571. The Morgan fingerprint density at radius 3 is 2.60 bits per heavy atom. The smallest absolute Gasteiger partial charge is 0.387 e. The summed E-state index contributed by atoms with van der Waals surface area (Å²) in [5.74, 6) is -0.526. The van der Waals surface area contributed by atoms with Crippen LogP contribution in [0.2, 0.25) is 0 Å². The van der Waals surface area contributed by atoms with E-state index < -0.39 is 12.4 Å². The molecular formula is C14H20F3NO2. The Kier molecular flexibility index (Phi) is 6.81. The van der Waals surface area contributed by atoms with Gasteiger partial charge in [-0.25, -0.2) is 4.39 Å². The summed E-state index contributed by atoms with van der Waals surface area (Å²) >= 11 is 0. The molecule has 20 heavy (non-hydrogen) atoms. The van der Waals surface area contributed by atoms with Crippen LogP contribution in [0.5, 0.6) is 5.75 Å². The van der Waals surface area contributed by atoms with E-state index in [2.05, 4.69) is 10.1 Å². The summed E-state index contributed by atoms with van der Waals surface area (Å²) < 4.78 is 42.1. The van der Waals surface area contributed by atoms with E-state index in [1.807, 2.05) is 6.92 Å². The van der Waals surface area contributed by atoms with Gasteiger partial charge in [-0.05, 0) is 31.9 Å². The van der Waals surface area contributed by atoms with Crippen LogP contribution < -0.4 is 10.1 Å². The van der Waals surface area contributed by atoms with Crippen LogP contribution in [0.25, 0.3) is 0 Å². The molecule has 0 amide bonds. The predicted molar refractivity (Wildman–Crippen MR) is 70.3 cm³/mol. The Bertz CT molecular complexity index is 415. The van der Waals surface area contributed by atoms with E-state index in [0.717, 1.165) is 6.07 Å². The van der Waals surface area contributed by atoms with Crippen LogP contribution in [0.3, 0.4) is 0 Å². The highest BCUT2D eigenvalue weighted by Gasteiger charge is 2.16. The van der Waals surface area contributed by atoms with Gasteiger partial charge in [0.2, 0.25) is 0 Å². The summed E-state index contributed by atoms with van der Waals surface area (Å²) in [4.78, 5) is 0. The average Bonchev–Trinajstić information content (AvgIpc) is 2.36. The predicted octanol–water partition coefficient (Wildman–Crippen LogP) is 3.10. The molecule has 0 aliphatic rings. The number of hydrogen-bond acceptors (Lipinski definition) is 3. The molecule has 0 saturated carbocycles. The minimum atomic E-state index is -2.99. The molecule has 1 aromatic rings. The van der Waals surface area contributed by atoms with Crippen molar-refractivity contribution in [2.75, 3.05) is 13.2 Å². The zero-order valence-corrected chi connectivity index (χ0v) is 11.6. The SMILES string of the molecule is CC(CCO)CNC(C)c1ccc(F)cc1OC(F)F. The third-order valence-corrected chi connectivity index (χ3v) is 3.05. The van der Waals surface area contributed by atoms with Crippen LogP contribution >= 0.6 is 0 Å². The number of benzene rings is 1. The van der Waals surface area contributed by atoms with Gasteiger partial charge in [-0.15, -0.1) is 0 Å². The summed E-state index contributed by atoms with van der Waals surface area (Å²) in [5.41, 5.74) is 0.475. The van der Waals surface area contributed by atoms with Crippen LogP contribution in [0.4, 0.5) is 13.2 Å². The molecule has 1 aromatic carbocycles. The second-order valence-electron chi connectivity index (χ2n) is 4.81. The second kappa shape index (κ2) is 8.11. The zero-order valence-electron chi connectivity index (χ0n) is 11.6. The summed E-state index contributed by atoms with van der Waals surface area (Å²) in [6, 6.07) is 3.34. The number of alkyl halides is 2. The number of aliphatic hydroxyl groups excluding tert-OH is 1. The Balaban J connectivity index is 2.73. The van der Waals surface area contributed by atoms with Gasteiger partial charge in [0.05, 0.1) is 0 Å². The van der Waals surface area contributed by atoms with Gasteiger partial charge >= 0.3 is 6.61 Å². The molecule has 0 aliphatic carbocycles. The van der Waals surface area contributed by atoms with Gasteiger partial charge in [-0.1, -0.05) is 13.0 Å². The Hall–Kier alpha value is -1.27. The van der Waals surface area contributed by atoms with Gasteiger partial charge in [0.15, 0.2) is 0 Å². The second-order valence-corrected chi connectivity index (χ2v) is 4.81. The molecule has 0 spiro atoms. The number of rotatable bonds is 8. The number of hydrogen-bond donors (Lipinski definition) is 2. The molecule has 0 fully saturated rings. The normalized spacial score (nSPS) is 14.3. The third kappa shape index (κ3) is 5.38. The maximum Gasteiger partial charge on any atom is 0.387 e. The summed E-state index contributed by atoms with van der Waals surface area (Å²) in [6.45, 7) is 1.49. The van der Waals surface area contributed by atoms with Crippen LogP contribution in [-0.4, -0.2) is 24.9 Å². The highest BCUT2D eigenvalue weighted by Crippen LogP contribution is 2.27. The molecule has 0 aromatic heterocycles. The first-order chi connectivity index (χ1) is 9.43. The Morgan fingerprint density at radius 2 is 2.00 bits per heavy atom. The van der Waals surface area contributed by atoms with Crippen molar-refractivity contribution < 1.29 is 23.0 Å². The van der Waals surface area contributed by atoms with Crippen LogP contribution in [0, 0.1) is 11.7 Å². The van der Waals surface area contributed by atoms with E-state index in [0.29, 0.717) is 18.5 Å². The molecule has 0 aliphatic heterocycles. The zero-order chi connectivity index (χ0) is 15.1. The molecule has 2 N–H and O–H groups in total. The van der Waals surface area contributed by atoms with Crippen molar-refractivity contribution in [2.24, 2.45) is 5.92 Å². The van der Waals surface area contributed by atoms with Crippen molar-refractivity contribution in [3.63, 3.8) is 0 Å². The number of nitrogens with one attached hydrogen (secondary N) is 1. The molecule has 114 valence electrons. The van der Waals surface area contributed by atoms with Crippen LogP contribution in [0.15, 0.2) is 18.2 Å². The largest absolute Gasteiger partial charge is 0.434 e. The lowest BCUT2D eigenvalue weighted by molar-refractivity contribution is -0.0508. The minimum Gasteiger partial charge on any atom is -0.434 e. The van der Waals surface area contributed by atoms with Gasteiger partial charge in [0.1, 0.15) is 11.6 Å². The topological polar surface area (TPSA) is 41.5 Å². The lowest BCUT2D eigenvalue weighted by Crippen LogP contribution is -2.25. The maximum atomic E-state index is 13.1. The van der Waals surface area contributed by atoms with Crippen molar-refractivity contribution in [2.45, 2.75) is 32.9 Å². The number of ether oxygens (including phenoxy) is 1. The van der Waals surface area contributed by atoms with Crippen molar-refractivity contribution in [3.8, 4) is 5.75 Å². The summed E-state index contributed by atoms with van der Waals surface area (Å²) in [7, 11) is 0. The Labute approximate surface area is 116 Å². The standard InChI is InChI=1S/C14H20F3NO2/c1-9(5-6-19)8-18-10(2)12-4-3-11(15)7-13(12)20-14(16)17/h3-4,7,9-10,14,18-19H,5-6,8H2,1-2H3. The number of aliphatic hydroxyl groups is 1. The summed E-state index contributed by atoms with van der Waals surface area (Å²) in [6.07, 6.45) is 0.656. The molecular weight excluding hydrogens is 271 g/mol. The fourth-order valence-electron chi connectivity index (χ4n) is 1.87. The summed E-state index contributed by atoms with van der Waals surface area (Å²) in [5, 5.41) is 12.0. The molecule has 6 heteroatoms. The van der Waals surface area contributed by atoms with E-state index in [9.17, 15) is 13.2 Å². The van der Waals surface area contributed by atoms with Crippen molar-refractivity contribution in [1.29, 1.82) is 0 Å². The van der Waals surface area contributed by atoms with Crippen molar-refractivity contribution in [1.82, 2.24) is 5.32 Å². The molecule has 3 nitrogen and oxygen atoms in total. The van der Waals surface area contributed by atoms with Gasteiger partial charge in [0, 0.05) is 24.3 Å². The monoisotopic (exact) mass is 291 g/mol. The Morgan fingerprint density at radius 1 is 1.30 bits per heavy atom. The molecule has 0 bridgehead atoms. The molecule has 0 radical (unpaired) electrons. The lowest BCUT2D eigenvalue weighted by atomic mass is 10.0. The van der Waals surface area contributed by atoms with E-state index in [1.165, 1.54) is 12.1 Å². The van der Waals surface area contributed by atoms with Gasteiger partial charge in [0.25, 0.3) is 0 Å². The molecule has 0 heterocycles. The van der Waals surface area contributed by atoms with Gasteiger partial charge in [-0.3, -0.25) is 0 Å². The van der Waals surface area contributed by atoms with E-state index >= 15 is 0 Å². The lowest BCUT2D eigenvalue weighted by Gasteiger charge is -2.20. The first kappa shape index (κ1) is 16.8. The fourth-order valence-corrected chi connectivity index (χ4v) is 1.87. The molecule has 2 atom stereocenters. The first-order valence-corrected chi connectivity index (χ1v) is 6.52. The van der Waals surface area contributed by atoms with E-state index in [-0.39, 0.29) is 24.3 Å². The maximum absolute atomic E-state index is 13.1. The van der Waals surface area contributed by atoms with Gasteiger partial charge in [-0.2, -0.15) is 8.78 Å². The highest BCUT2D eigenvalue weighted by atomic mass is 19.3. The molecule has 0 saturated heterocycles. The van der Waals surface area contributed by atoms with Crippen LogP contribution in [-0.2, 0) is 0 Å². The van der Waals surface area contributed by atoms with Crippen LogP contribution in [0.1, 0.15) is 31.9 Å². The highest BCUT2D eigenvalue weighted by molar-refractivity contribution is 5.36. The molecule has 1 rings (SSSR count). The minimum absolute atomic E-state index is 0.105. The molecule has 2 unspecified atom stereocenters.